The molecule has 0 bridgehead atoms. The van der Waals surface area contributed by atoms with E-state index in [0.29, 0.717) is 17.6 Å². The number of hydrogen-bond acceptors (Lipinski definition) is 5. The fourth-order valence-electron chi connectivity index (χ4n) is 3.63. The van der Waals surface area contributed by atoms with Crippen molar-refractivity contribution in [3.63, 3.8) is 0 Å². The van der Waals surface area contributed by atoms with Crippen LogP contribution in [0.1, 0.15) is 13.3 Å². The molecule has 0 spiro atoms. The van der Waals surface area contributed by atoms with Gasteiger partial charge >= 0.3 is 6.03 Å². The summed E-state index contributed by atoms with van der Waals surface area (Å²) in [5, 5.41) is 6.49. The second-order valence-electron chi connectivity index (χ2n) is 6.73. The molecule has 0 unspecified atom stereocenters. The van der Waals surface area contributed by atoms with Gasteiger partial charge in [0, 0.05) is 61.2 Å². The standard InChI is InChI=1S/C18H22N6OS/c1-12-5-9-24(18(25)22-17-21-8-10-26-17)11-15(12)23(2)14-4-7-20-16-13(14)3-6-19-16/h3-4,6-8,10,12,15H,5,9,11H2,1-2H3,(H,19,20)(H,21,22,25)/t12-,15+/m1/s1. The molecule has 0 aliphatic carbocycles. The fraction of sp³-hybridized carbons (Fsp3) is 0.389. The number of fused-ring (bicyclic) bond motifs is 1. The Morgan fingerprint density at radius 3 is 3.08 bits per heavy atom. The van der Waals surface area contributed by atoms with E-state index in [0.717, 1.165) is 29.7 Å². The number of likely N-dealkylation sites (tertiary alicyclic amines) is 1. The molecule has 26 heavy (non-hydrogen) atoms. The van der Waals surface area contributed by atoms with Crippen molar-refractivity contribution < 1.29 is 4.79 Å². The Labute approximate surface area is 156 Å². The van der Waals surface area contributed by atoms with Crippen LogP contribution in [0, 0.1) is 5.92 Å². The highest BCUT2D eigenvalue weighted by Gasteiger charge is 2.32. The highest BCUT2D eigenvalue weighted by Crippen LogP contribution is 2.30. The lowest BCUT2D eigenvalue weighted by molar-refractivity contribution is 0.172. The Bertz CT molecular complexity index is 892. The van der Waals surface area contributed by atoms with E-state index < -0.39 is 0 Å². The van der Waals surface area contributed by atoms with Crippen LogP contribution in [0.3, 0.4) is 0 Å². The van der Waals surface area contributed by atoms with Gasteiger partial charge in [0.1, 0.15) is 5.65 Å². The zero-order chi connectivity index (χ0) is 18.1. The molecule has 0 saturated carbocycles. The number of carbonyl (C=O) groups is 1. The molecule has 1 fully saturated rings. The molecule has 2 N–H and O–H groups in total. The number of carbonyl (C=O) groups excluding carboxylic acids is 1. The van der Waals surface area contributed by atoms with Crippen LogP contribution in [0.5, 0.6) is 0 Å². The maximum Gasteiger partial charge on any atom is 0.323 e. The van der Waals surface area contributed by atoms with E-state index in [2.05, 4.69) is 45.2 Å². The van der Waals surface area contributed by atoms with Gasteiger partial charge in [0.25, 0.3) is 0 Å². The average molecular weight is 370 g/mol. The van der Waals surface area contributed by atoms with Gasteiger partial charge in [0.15, 0.2) is 5.13 Å². The maximum absolute atomic E-state index is 12.6. The van der Waals surface area contributed by atoms with E-state index in [4.69, 9.17) is 0 Å². The summed E-state index contributed by atoms with van der Waals surface area (Å²) in [7, 11) is 2.10. The van der Waals surface area contributed by atoms with Crippen LogP contribution >= 0.6 is 11.3 Å². The minimum absolute atomic E-state index is 0.0771. The number of nitrogens with one attached hydrogen (secondary N) is 2. The summed E-state index contributed by atoms with van der Waals surface area (Å²) >= 11 is 1.43. The van der Waals surface area contributed by atoms with Crippen molar-refractivity contribution in [2.45, 2.75) is 19.4 Å². The van der Waals surface area contributed by atoms with Crippen molar-refractivity contribution >= 4 is 39.2 Å². The lowest BCUT2D eigenvalue weighted by Gasteiger charge is -2.42. The van der Waals surface area contributed by atoms with Crippen LogP contribution < -0.4 is 10.2 Å². The SMILES string of the molecule is C[C@@H]1CCN(C(=O)Nc2nccs2)C[C@@H]1N(C)c1ccnc2[nH]ccc12. The van der Waals surface area contributed by atoms with Crippen LogP contribution in [-0.2, 0) is 0 Å². The number of aromatic amines is 1. The van der Waals surface area contributed by atoms with E-state index in [-0.39, 0.29) is 12.1 Å². The summed E-state index contributed by atoms with van der Waals surface area (Å²) in [6, 6.07) is 4.25. The molecule has 7 nitrogen and oxygen atoms in total. The molecular weight excluding hydrogens is 348 g/mol. The number of H-pyrrole nitrogens is 1. The molecule has 136 valence electrons. The second-order valence-corrected chi connectivity index (χ2v) is 7.62. The molecule has 1 aliphatic rings. The van der Waals surface area contributed by atoms with Crippen molar-refractivity contribution in [1.82, 2.24) is 19.9 Å². The Morgan fingerprint density at radius 1 is 1.38 bits per heavy atom. The molecule has 0 radical (unpaired) electrons. The first kappa shape index (κ1) is 16.8. The lowest BCUT2D eigenvalue weighted by atomic mass is 9.92. The molecule has 2 atom stereocenters. The van der Waals surface area contributed by atoms with Crippen LogP contribution in [-0.4, -0.2) is 52.1 Å². The van der Waals surface area contributed by atoms with Gasteiger partial charge in [-0.1, -0.05) is 6.92 Å². The van der Waals surface area contributed by atoms with E-state index >= 15 is 0 Å². The number of rotatable bonds is 3. The van der Waals surface area contributed by atoms with Crippen LogP contribution in [0.2, 0.25) is 0 Å². The number of amides is 2. The largest absolute Gasteiger partial charge is 0.369 e. The first-order valence-electron chi connectivity index (χ1n) is 8.74. The van der Waals surface area contributed by atoms with Crippen LogP contribution in [0.25, 0.3) is 11.0 Å². The molecule has 3 aromatic rings. The third-order valence-corrected chi connectivity index (χ3v) is 5.86. The zero-order valence-electron chi connectivity index (χ0n) is 14.8. The zero-order valence-corrected chi connectivity index (χ0v) is 15.7. The number of likely N-dealkylation sites (N-methyl/N-ethyl adjacent to an activating group) is 1. The maximum atomic E-state index is 12.6. The monoisotopic (exact) mass is 370 g/mol. The summed E-state index contributed by atoms with van der Waals surface area (Å²) in [5.41, 5.74) is 2.02. The lowest BCUT2D eigenvalue weighted by Crippen LogP contribution is -2.53. The number of piperidine rings is 1. The molecule has 2 amide bonds. The van der Waals surface area contributed by atoms with Gasteiger partial charge in [-0.05, 0) is 24.5 Å². The molecule has 4 heterocycles. The van der Waals surface area contributed by atoms with Crippen LogP contribution in [0.15, 0.2) is 36.1 Å². The summed E-state index contributed by atoms with van der Waals surface area (Å²) in [4.78, 5) is 28.4. The van der Waals surface area contributed by atoms with Gasteiger partial charge in [-0.15, -0.1) is 11.3 Å². The van der Waals surface area contributed by atoms with E-state index in [1.165, 1.54) is 11.3 Å². The Hall–Kier alpha value is -2.61. The molecule has 1 aliphatic heterocycles. The minimum atomic E-state index is -0.0771. The highest BCUT2D eigenvalue weighted by atomic mass is 32.1. The van der Waals surface area contributed by atoms with Gasteiger partial charge in [-0.2, -0.15) is 0 Å². The van der Waals surface area contributed by atoms with Crippen molar-refractivity contribution in [2.24, 2.45) is 5.92 Å². The Balaban J connectivity index is 1.53. The summed E-state index contributed by atoms with van der Waals surface area (Å²) < 4.78 is 0. The molecule has 1 saturated heterocycles. The molecule has 3 aromatic heterocycles. The quantitative estimate of drug-likeness (QED) is 0.741. The van der Waals surface area contributed by atoms with Crippen LogP contribution in [0.4, 0.5) is 15.6 Å². The number of urea groups is 1. The number of hydrogen-bond donors (Lipinski definition) is 2. The van der Waals surface area contributed by atoms with Gasteiger partial charge in [-0.25, -0.2) is 14.8 Å². The second kappa shape index (κ2) is 6.95. The smallest absolute Gasteiger partial charge is 0.323 e. The number of aromatic nitrogens is 3. The predicted molar refractivity (Wildman–Crippen MR) is 105 cm³/mol. The van der Waals surface area contributed by atoms with Gasteiger partial charge < -0.3 is 14.8 Å². The summed E-state index contributed by atoms with van der Waals surface area (Å²) in [6.07, 6.45) is 6.40. The van der Waals surface area contributed by atoms with Crippen molar-refractivity contribution in [3.05, 3.63) is 36.1 Å². The fourth-order valence-corrected chi connectivity index (χ4v) is 4.14. The van der Waals surface area contributed by atoms with Crippen molar-refractivity contribution in [3.8, 4) is 0 Å². The van der Waals surface area contributed by atoms with E-state index in [9.17, 15) is 4.79 Å². The number of pyridine rings is 1. The first-order valence-corrected chi connectivity index (χ1v) is 9.62. The van der Waals surface area contributed by atoms with E-state index in [1.807, 2.05) is 28.7 Å². The van der Waals surface area contributed by atoms with Gasteiger partial charge in [0.05, 0.1) is 0 Å². The molecule has 8 heteroatoms. The van der Waals surface area contributed by atoms with Gasteiger partial charge in [0.2, 0.25) is 0 Å². The Morgan fingerprint density at radius 2 is 2.27 bits per heavy atom. The summed E-state index contributed by atoms with van der Waals surface area (Å²) in [6.45, 7) is 3.70. The summed E-state index contributed by atoms with van der Waals surface area (Å²) in [5.74, 6) is 0.492. The topological polar surface area (TPSA) is 77.2 Å². The first-order chi connectivity index (χ1) is 12.6. The number of thiazole rings is 1. The normalized spacial score (nSPS) is 20.3. The predicted octanol–water partition coefficient (Wildman–Crippen LogP) is 3.40. The van der Waals surface area contributed by atoms with Gasteiger partial charge in [-0.3, -0.25) is 5.32 Å². The third kappa shape index (κ3) is 3.12. The minimum Gasteiger partial charge on any atom is -0.369 e. The van der Waals surface area contributed by atoms with Crippen molar-refractivity contribution in [2.75, 3.05) is 30.4 Å². The molecular formula is C18H22N6OS. The Kier molecular flexibility index (Phi) is 4.50. The van der Waals surface area contributed by atoms with E-state index in [1.54, 1.807) is 6.20 Å². The highest BCUT2D eigenvalue weighted by molar-refractivity contribution is 7.13. The average Bonchev–Trinajstić information content (AvgIpc) is 3.32. The number of anilines is 2. The number of nitrogens with zero attached hydrogens (tertiary/aromatic N) is 4. The van der Waals surface area contributed by atoms with Crippen molar-refractivity contribution in [1.29, 1.82) is 0 Å². The molecule has 0 aromatic carbocycles. The molecule has 4 rings (SSSR count). The third-order valence-electron chi connectivity index (χ3n) is 5.17.